The summed E-state index contributed by atoms with van der Waals surface area (Å²) in [6.07, 6.45) is 3.57. The fraction of sp³-hybridized carbons (Fsp3) is 0.667. The van der Waals surface area contributed by atoms with Crippen molar-refractivity contribution in [2.45, 2.75) is 38.6 Å². The number of hydrogen-bond donors (Lipinski definition) is 2. The van der Waals surface area contributed by atoms with E-state index in [2.05, 4.69) is 48.3 Å². The molecule has 0 aliphatic carbocycles. The van der Waals surface area contributed by atoms with Gasteiger partial charge in [-0.05, 0) is 37.4 Å². The van der Waals surface area contributed by atoms with E-state index in [1.807, 2.05) is 6.07 Å². The molecule has 1 fully saturated rings. The number of nitrogens with one attached hydrogen (secondary N) is 1. The van der Waals surface area contributed by atoms with Crippen LogP contribution in [0.5, 0.6) is 0 Å². The van der Waals surface area contributed by atoms with E-state index >= 15 is 0 Å². The molecular formula is C18H30N2O. The molecule has 3 heteroatoms. The summed E-state index contributed by atoms with van der Waals surface area (Å²) in [5, 5.41) is 13.6. The number of aliphatic hydroxyl groups is 1. The number of benzene rings is 1. The zero-order valence-electron chi connectivity index (χ0n) is 13.5. The first-order valence-electron chi connectivity index (χ1n) is 8.38. The van der Waals surface area contributed by atoms with Crippen LogP contribution in [0.25, 0.3) is 0 Å². The van der Waals surface area contributed by atoms with Crippen molar-refractivity contribution in [3.63, 3.8) is 0 Å². The van der Waals surface area contributed by atoms with Gasteiger partial charge in [0.2, 0.25) is 0 Å². The number of hydrogen-bond acceptors (Lipinski definition) is 3. The van der Waals surface area contributed by atoms with Gasteiger partial charge in [0, 0.05) is 13.1 Å². The molecule has 1 aliphatic rings. The summed E-state index contributed by atoms with van der Waals surface area (Å²) in [5.41, 5.74) is 0.890. The van der Waals surface area contributed by atoms with E-state index in [-0.39, 0.29) is 12.1 Å². The molecule has 1 aromatic rings. The van der Waals surface area contributed by atoms with Gasteiger partial charge in [-0.15, -0.1) is 0 Å². The largest absolute Gasteiger partial charge is 0.394 e. The third-order valence-electron chi connectivity index (χ3n) is 4.91. The fourth-order valence-electron chi connectivity index (χ4n) is 3.45. The second kappa shape index (κ2) is 7.92. The highest BCUT2D eigenvalue weighted by Crippen LogP contribution is 2.27. The zero-order chi connectivity index (χ0) is 15.1. The Balaban J connectivity index is 2.03. The van der Waals surface area contributed by atoms with Gasteiger partial charge in [0.25, 0.3) is 0 Å². The molecule has 0 spiro atoms. The van der Waals surface area contributed by atoms with Crippen LogP contribution >= 0.6 is 0 Å². The van der Waals surface area contributed by atoms with Crippen LogP contribution in [-0.4, -0.2) is 42.8 Å². The fourth-order valence-corrected chi connectivity index (χ4v) is 3.45. The van der Waals surface area contributed by atoms with Crippen LogP contribution in [0.2, 0.25) is 0 Å². The second-order valence-corrected chi connectivity index (χ2v) is 6.25. The summed E-state index contributed by atoms with van der Waals surface area (Å²) >= 11 is 0. The predicted molar refractivity (Wildman–Crippen MR) is 88.3 cm³/mol. The minimum absolute atomic E-state index is 0.149. The van der Waals surface area contributed by atoms with Crippen LogP contribution in [0.15, 0.2) is 30.3 Å². The van der Waals surface area contributed by atoms with Gasteiger partial charge in [-0.3, -0.25) is 0 Å². The van der Waals surface area contributed by atoms with E-state index in [0.29, 0.717) is 0 Å². The summed E-state index contributed by atoms with van der Waals surface area (Å²) in [4.78, 5) is 2.55. The second-order valence-electron chi connectivity index (χ2n) is 6.25. The van der Waals surface area contributed by atoms with Gasteiger partial charge in [0.1, 0.15) is 0 Å². The van der Waals surface area contributed by atoms with E-state index in [1.165, 1.54) is 31.5 Å². The molecule has 2 rings (SSSR count). The van der Waals surface area contributed by atoms with Crippen LogP contribution in [0, 0.1) is 5.92 Å². The van der Waals surface area contributed by atoms with Crippen LogP contribution in [-0.2, 0) is 5.54 Å². The molecule has 1 aliphatic heterocycles. The van der Waals surface area contributed by atoms with E-state index < -0.39 is 0 Å². The highest BCUT2D eigenvalue weighted by molar-refractivity contribution is 5.24. The molecule has 2 unspecified atom stereocenters. The number of likely N-dealkylation sites (tertiary alicyclic amines) is 1. The topological polar surface area (TPSA) is 35.5 Å². The Morgan fingerprint density at radius 1 is 1.29 bits per heavy atom. The summed E-state index contributed by atoms with van der Waals surface area (Å²) in [5.74, 6) is 0.865. The molecule has 1 aromatic carbocycles. The van der Waals surface area contributed by atoms with Crippen LogP contribution in [0.4, 0.5) is 0 Å². The van der Waals surface area contributed by atoms with Crippen molar-refractivity contribution in [1.82, 2.24) is 10.2 Å². The van der Waals surface area contributed by atoms with Gasteiger partial charge < -0.3 is 15.3 Å². The molecule has 0 bridgehead atoms. The zero-order valence-corrected chi connectivity index (χ0v) is 13.5. The maximum atomic E-state index is 10.1. The summed E-state index contributed by atoms with van der Waals surface area (Å²) < 4.78 is 0. The van der Waals surface area contributed by atoms with E-state index in [1.54, 1.807) is 0 Å². The maximum absolute atomic E-state index is 10.1. The molecule has 0 aromatic heterocycles. The Labute approximate surface area is 129 Å². The Morgan fingerprint density at radius 3 is 2.62 bits per heavy atom. The SMILES string of the molecule is CCNC(CO)(CCN1CCC(CC)C1)c1ccccc1. The highest BCUT2D eigenvalue weighted by atomic mass is 16.3. The molecule has 2 atom stereocenters. The van der Waals surface area contributed by atoms with Gasteiger partial charge in [-0.25, -0.2) is 0 Å². The smallest absolute Gasteiger partial charge is 0.0681 e. The third kappa shape index (κ3) is 4.06. The summed E-state index contributed by atoms with van der Waals surface area (Å²) in [6.45, 7) is 8.90. The van der Waals surface area contributed by atoms with Crippen molar-refractivity contribution in [2.75, 3.05) is 32.8 Å². The first-order chi connectivity index (χ1) is 10.2. The van der Waals surface area contributed by atoms with E-state index in [0.717, 1.165) is 25.4 Å². The van der Waals surface area contributed by atoms with Gasteiger partial charge >= 0.3 is 0 Å². The summed E-state index contributed by atoms with van der Waals surface area (Å²) in [6, 6.07) is 10.4. The lowest BCUT2D eigenvalue weighted by Crippen LogP contribution is -2.47. The average Bonchev–Trinajstić information content (AvgIpc) is 3.00. The van der Waals surface area contributed by atoms with Crippen LogP contribution in [0.1, 0.15) is 38.7 Å². The standard InChI is InChI=1S/C18H30N2O/c1-3-16-10-12-20(14-16)13-11-18(15-21,19-4-2)17-8-6-5-7-9-17/h5-9,16,19,21H,3-4,10-15H2,1-2H3. The molecule has 3 nitrogen and oxygen atoms in total. The normalized spacial score (nSPS) is 22.3. The predicted octanol–water partition coefficient (Wildman–Crippen LogP) is 2.61. The van der Waals surface area contributed by atoms with Crippen molar-refractivity contribution in [2.24, 2.45) is 5.92 Å². The van der Waals surface area contributed by atoms with E-state index in [4.69, 9.17) is 0 Å². The minimum atomic E-state index is -0.305. The molecule has 0 amide bonds. The summed E-state index contributed by atoms with van der Waals surface area (Å²) in [7, 11) is 0. The molecule has 1 saturated heterocycles. The first-order valence-corrected chi connectivity index (χ1v) is 8.38. The highest BCUT2D eigenvalue weighted by Gasteiger charge is 2.32. The van der Waals surface area contributed by atoms with Crippen molar-refractivity contribution >= 4 is 0 Å². The average molecular weight is 290 g/mol. The quantitative estimate of drug-likeness (QED) is 0.772. The van der Waals surface area contributed by atoms with Gasteiger partial charge in [0.15, 0.2) is 0 Å². The minimum Gasteiger partial charge on any atom is -0.394 e. The number of likely N-dealkylation sites (N-methyl/N-ethyl adjacent to an activating group) is 1. The van der Waals surface area contributed by atoms with Gasteiger partial charge in [-0.1, -0.05) is 50.6 Å². The number of aliphatic hydroxyl groups excluding tert-OH is 1. The number of nitrogens with zero attached hydrogens (tertiary/aromatic N) is 1. The Hall–Kier alpha value is -0.900. The molecular weight excluding hydrogens is 260 g/mol. The molecule has 0 saturated carbocycles. The Morgan fingerprint density at radius 2 is 2.05 bits per heavy atom. The lowest BCUT2D eigenvalue weighted by Gasteiger charge is -2.35. The lowest BCUT2D eigenvalue weighted by molar-refractivity contribution is 0.137. The lowest BCUT2D eigenvalue weighted by atomic mass is 9.87. The van der Waals surface area contributed by atoms with Crippen molar-refractivity contribution in [1.29, 1.82) is 0 Å². The van der Waals surface area contributed by atoms with Crippen LogP contribution < -0.4 is 5.32 Å². The van der Waals surface area contributed by atoms with Crippen molar-refractivity contribution < 1.29 is 5.11 Å². The number of rotatable bonds is 8. The molecule has 21 heavy (non-hydrogen) atoms. The van der Waals surface area contributed by atoms with Crippen molar-refractivity contribution in [3.8, 4) is 0 Å². The molecule has 118 valence electrons. The third-order valence-corrected chi connectivity index (χ3v) is 4.91. The first kappa shape index (κ1) is 16.5. The molecule has 2 N–H and O–H groups in total. The van der Waals surface area contributed by atoms with Gasteiger partial charge in [0.05, 0.1) is 12.1 Å². The molecule has 0 radical (unpaired) electrons. The monoisotopic (exact) mass is 290 g/mol. The maximum Gasteiger partial charge on any atom is 0.0681 e. The van der Waals surface area contributed by atoms with E-state index in [9.17, 15) is 5.11 Å². The molecule has 1 heterocycles. The Bertz CT molecular complexity index is 409. The Kier molecular flexibility index (Phi) is 6.22. The van der Waals surface area contributed by atoms with Crippen molar-refractivity contribution in [3.05, 3.63) is 35.9 Å². The van der Waals surface area contributed by atoms with Gasteiger partial charge in [-0.2, -0.15) is 0 Å². The van der Waals surface area contributed by atoms with Crippen LogP contribution in [0.3, 0.4) is 0 Å².